The van der Waals surface area contributed by atoms with E-state index in [1.54, 1.807) is 0 Å². The van der Waals surface area contributed by atoms with E-state index in [9.17, 15) is 0 Å². The SMILES string of the molecule is c1ccc(-c2cc(-c3ccccc3)c(P(c3ccccc3)c3ccccc3)c(-c3ccccc3)c2)cc1. The Morgan fingerprint density at radius 3 is 1.00 bits per heavy atom. The van der Waals surface area contributed by atoms with Crippen LogP contribution in [0.25, 0.3) is 33.4 Å². The second-order valence-corrected chi connectivity index (χ2v) is 11.2. The Labute approximate surface area is 220 Å². The maximum Gasteiger partial charge on any atom is 0.000638 e. The maximum absolute atomic E-state index is 2.40. The zero-order valence-corrected chi connectivity index (χ0v) is 21.4. The molecule has 0 radical (unpaired) electrons. The first-order valence-electron chi connectivity index (χ1n) is 12.6. The van der Waals surface area contributed by atoms with Gasteiger partial charge < -0.3 is 0 Å². The van der Waals surface area contributed by atoms with Crippen molar-refractivity contribution in [2.24, 2.45) is 0 Å². The van der Waals surface area contributed by atoms with Crippen LogP contribution in [0.1, 0.15) is 0 Å². The smallest absolute Gasteiger partial charge is 0.000638 e. The van der Waals surface area contributed by atoms with Gasteiger partial charge in [-0.25, -0.2) is 0 Å². The molecule has 0 N–H and O–H groups in total. The van der Waals surface area contributed by atoms with Gasteiger partial charge >= 0.3 is 0 Å². The van der Waals surface area contributed by atoms with E-state index in [0.717, 1.165) is 0 Å². The Bertz CT molecular complexity index is 1480. The van der Waals surface area contributed by atoms with Crippen LogP contribution in [0.5, 0.6) is 0 Å². The molecule has 0 amide bonds. The summed E-state index contributed by atoms with van der Waals surface area (Å²) in [5, 5.41) is 4.10. The van der Waals surface area contributed by atoms with Crippen molar-refractivity contribution >= 4 is 23.8 Å². The fraction of sp³-hybridized carbons (Fsp3) is 0. The first-order chi connectivity index (χ1) is 18.4. The molecule has 0 unspecified atom stereocenters. The zero-order valence-electron chi connectivity index (χ0n) is 20.5. The summed E-state index contributed by atoms with van der Waals surface area (Å²) < 4.78 is 0. The van der Waals surface area contributed by atoms with Crippen LogP contribution in [0, 0.1) is 0 Å². The molecule has 0 nitrogen and oxygen atoms in total. The Balaban J connectivity index is 1.74. The van der Waals surface area contributed by atoms with Crippen LogP contribution in [-0.4, -0.2) is 0 Å². The quantitative estimate of drug-likeness (QED) is 0.206. The van der Waals surface area contributed by atoms with Gasteiger partial charge in [-0.3, -0.25) is 0 Å². The number of benzene rings is 6. The molecule has 6 aromatic rings. The molecule has 0 aliphatic heterocycles. The third kappa shape index (κ3) is 4.90. The molecule has 0 saturated carbocycles. The molecule has 1 heteroatoms. The van der Waals surface area contributed by atoms with E-state index in [-0.39, 0.29) is 0 Å². The average Bonchev–Trinajstić information content (AvgIpc) is 3.00. The summed E-state index contributed by atoms with van der Waals surface area (Å²) in [5.41, 5.74) is 7.53. The Hall–Kier alpha value is -4.25. The van der Waals surface area contributed by atoms with Crippen LogP contribution in [-0.2, 0) is 0 Å². The first-order valence-corrected chi connectivity index (χ1v) is 14.0. The van der Waals surface area contributed by atoms with Crippen molar-refractivity contribution in [3.63, 3.8) is 0 Å². The summed E-state index contributed by atoms with van der Waals surface area (Å²) in [6.45, 7) is 0. The van der Waals surface area contributed by atoms with Gasteiger partial charge in [0.25, 0.3) is 0 Å². The molecule has 0 aromatic heterocycles. The van der Waals surface area contributed by atoms with Gasteiger partial charge in [-0.05, 0) is 64.0 Å². The molecule has 176 valence electrons. The van der Waals surface area contributed by atoms with E-state index in [2.05, 4.69) is 164 Å². The monoisotopic (exact) mass is 490 g/mol. The van der Waals surface area contributed by atoms with Gasteiger partial charge in [0, 0.05) is 5.30 Å². The van der Waals surface area contributed by atoms with Gasteiger partial charge in [-0.1, -0.05) is 152 Å². The lowest BCUT2D eigenvalue weighted by molar-refractivity contribution is 1.59. The molecule has 0 bridgehead atoms. The summed E-state index contributed by atoms with van der Waals surface area (Å²) in [7, 11) is -0.816. The van der Waals surface area contributed by atoms with Gasteiger partial charge in [-0.15, -0.1) is 0 Å². The average molecular weight is 491 g/mol. The normalized spacial score (nSPS) is 10.9. The molecule has 0 saturated heterocycles. The molecule has 0 aliphatic carbocycles. The Morgan fingerprint density at radius 2 is 0.622 bits per heavy atom. The molecule has 6 rings (SSSR count). The van der Waals surface area contributed by atoms with Gasteiger partial charge in [0.15, 0.2) is 0 Å². The van der Waals surface area contributed by atoms with Crippen LogP contribution in [0.15, 0.2) is 164 Å². The Kier molecular flexibility index (Phi) is 6.76. The molecule has 0 fully saturated rings. The lowest BCUT2D eigenvalue weighted by Gasteiger charge is -2.27. The minimum Gasteiger partial charge on any atom is -0.0622 e. The summed E-state index contributed by atoms with van der Waals surface area (Å²) in [5.74, 6) is 0. The first kappa shape index (κ1) is 23.2. The van der Waals surface area contributed by atoms with Crippen molar-refractivity contribution in [2.75, 3.05) is 0 Å². The summed E-state index contributed by atoms with van der Waals surface area (Å²) >= 11 is 0. The van der Waals surface area contributed by atoms with E-state index < -0.39 is 7.92 Å². The van der Waals surface area contributed by atoms with E-state index in [0.29, 0.717) is 0 Å². The van der Waals surface area contributed by atoms with Crippen LogP contribution < -0.4 is 15.9 Å². The highest BCUT2D eigenvalue weighted by Gasteiger charge is 2.25. The molecular formula is C36H27P. The van der Waals surface area contributed by atoms with Crippen molar-refractivity contribution in [1.82, 2.24) is 0 Å². The minimum absolute atomic E-state index is 0.816. The second kappa shape index (κ2) is 10.8. The van der Waals surface area contributed by atoms with Gasteiger partial charge in [-0.2, -0.15) is 0 Å². The van der Waals surface area contributed by atoms with E-state index in [4.69, 9.17) is 0 Å². The maximum atomic E-state index is 2.40. The number of hydrogen-bond acceptors (Lipinski definition) is 0. The molecule has 6 aromatic carbocycles. The third-order valence-electron chi connectivity index (χ3n) is 6.64. The predicted molar refractivity (Wildman–Crippen MR) is 161 cm³/mol. The van der Waals surface area contributed by atoms with Crippen LogP contribution in [0.4, 0.5) is 0 Å². The molecular weight excluding hydrogens is 463 g/mol. The van der Waals surface area contributed by atoms with Crippen molar-refractivity contribution in [2.45, 2.75) is 0 Å². The number of hydrogen-bond donors (Lipinski definition) is 0. The second-order valence-electron chi connectivity index (χ2n) is 9.02. The summed E-state index contributed by atoms with van der Waals surface area (Å²) in [4.78, 5) is 0. The molecule has 0 heterocycles. The van der Waals surface area contributed by atoms with E-state index in [1.807, 2.05) is 0 Å². The fourth-order valence-corrected chi connectivity index (χ4v) is 7.53. The molecule has 0 aliphatic rings. The number of rotatable bonds is 6. The van der Waals surface area contributed by atoms with Crippen molar-refractivity contribution < 1.29 is 0 Å². The van der Waals surface area contributed by atoms with Gasteiger partial charge in [0.2, 0.25) is 0 Å². The fourth-order valence-electron chi connectivity index (χ4n) is 4.91. The van der Waals surface area contributed by atoms with Crippen LogP contribution >= 0.6 is 7.92 Å². The lowest BCUT2D eigenvalue weighted by atomic mass is 9.93. The third-order valence-corrected chi connectivity index (χ3v) is 9.20. The molecule has 0 atom stereocenters. The largest absolute Gasteiger partial charge is 0.0622 e. The summed E-state index contributed by atoms with van der Waals surface area (Å²) in [6, 6.07) is 59.3. The van der Waals surface area contributed by atoms with E-state index >= 15 is 0 Å². The van der Waals surface area contributed by atoms with Gasteiger partial charge in [0.05, 0.1) is 0 Å². The van der Waals surface area contributed by atoms with Crippen LogP contribution in [0.2, 0.25) is 0 Å². The zero-order chi connectivity index (χ0) is 24.9. The summed E-state index contributed by atoms with van der Waals surface area (Å²) in [6.07, 6.45) is 0. The lowest BCUT2D eigenvalue weighted by Crippen LogP contribution is -2.24. The van der Waals surface area contributed by atoms with Crippen molar-refractivity contribution in [3.05, 3.63) is 164 Å². The van der Waals surface area contributed by atoms with Gasteiger partial charge in [0.1, 0.15) is 0 Å². The minimum atomic E-state index is -0.816. The van der Waals surface area contributed by atoms with Crippen molar-refractivity contribution in [3.8, 4) is 33.4 Å². The molecule has 37 heavy (non-hydrogen) atoms. The highest BCUT2D eigenvalue weighted by molar-refractivity contribution is 7.80. The standard InChI is InChI=1S/C36H27P/c1-6-16-28(17-7-1)31-26-34(29-18-8-2-9-19-29)36(35(27-31)30-20-10-3-11-21-30)37(32-22-12-4-13-23-32)33-24-14-5-15-25-33/h1-27H. The molecule has 0 spiro atoms. The topological polar surface area (TPSA) is 0 Å². The highest BCUT2D eigenvalue weighted by Crippen LogP contribution is 2.43. The van der Waals surface area contributed by atoms with Crippen molar-refractivity contribution in [1.29, 1.82) is 0 Å². The Morgan fingerprint density at radius 1 is 0.297 bits per heavy atom. The predicted octanol–water partition coefficient (Wildman–Crippen LogP) is 8.45. The van der Waals surface area contributed by atoms with E-state index in [1.165, 1.54) is 49.3 Å². The highest BCUT2D eigenvalue weighted by atomic mass is 31.1. The van der Waals surface area contributed by atoms with Crippen LogP contribution in [0.3, 0.4) is 0 Å².